The van der Waals surface area contributed by atoms with E-state index in [1.807, 2.05) is 26.8 Å². The number of aryl methyl sites for hydroxylation is 1. The molecule has 0 fully saturated rings. The zero-order valence-electron chi connectivity index (χ0n) is 13.9. The van der Waals surface area contributed by atoms with Crippen LogP contribution in [0.25, 0.3) is 0 Å². The van der Waals surface area contributed by atoms with Crippen molar-refractivity contribution in [1.82, 2.24) is 15.3 Å². The number of rotatable bonds is 6. The second-order valence-corrected chi connectivity index (χ2v) is 6.60. The summed E-state index contributed by atoms with van der Waals surface area (Å²) < 4.78 is 0. The molecule has 0 atom stereocenters. The van der Waals surface area contributed by atoms with Gasteiger partial charge in [-0.3, -0.25) is 4.79 Å². The number of carbonyl (C=O) groups is 1. The maximum Gasteiger partial charge on any atom is 0.270 e. The van der Waals surface area contributed by atoms with Crippen LogP contribution in [0.1, 0.15) is 35.6 Å². The van der Waals surface area contributed by atoms with Crippen LogP contribution in [0.3, 0.4) is 0 Å². The zero-order valence-corrected chi connectivity index (χ0v) is 15.4. The first-order valence-electron chi connectivity index (χ1n) is 7.69. The van der Waals surface area contributed by atoms with E-state index in [2.05, 4.69) is 20.6 Å². The lowest BCUT2D eigenvalue weighted by atomic mass is 10.1. The van der Waals surface area contributed by atoms with E-state index in [-0.39, 0.29) is 11.9 Å². The van der Waals surface area contributed by atoms with Crippen LogP contribution in [0.2, 0.25) is 10.0 Å². The Morgan fingerprint density at radius 1 is 1.21 bits per heavy atom. The van der Waals surface area contributed by atoms with Gasteiger partial charge in [0.05, 0.1) is 0 Å². The number of halogens is 2. The second-order valence-electron chi connectivity index (χ2n) is 5.76. The van der Waals surface area contributed by atoms with Gasteiger partial charge in [0.15, 0.2) is 0 Å². The van der Waals surface area contributed by atoms with Crippen molar-refractivity contribution in [3.63, 3.8) is 0 Å². The highest BCUT2D eigenvalue weighted by molar-refractivity contribution is 6.35. The molecule has 0 saturated heterocycles. The molecule has 1 amide bonds. The maximum atomic E-state index is 12.3. The summed E-state index contributed by atoms with van der Waals surface area (Å²) in [5.41, 5.74) is 2.01. The van der Waals surface area contributed by atoms with E-state index in [4.69, 9.17) is 23.2 Å². The Balaban J connectivity index is 1.98. The molecular formula is C17H20Cl2N4O. The first-order chi connectivity index (χ1) is 11.3. The number of aromatic nitrogens is 2. The average molecular weight is 367 g/mol. The molecule has 2 N–H and O–H groups in total. The number of amides is 1. The number of carbonyl (C=O) groups excluding carboxylic acids is 1. The Morgan fingerprint density at radius 2 is 1.96 bits per heavy atom. The molecule has 0 aliphatic heterocycles. The van der Waals surface area contributed by atoms with Crippen molar-refractivity contribution in [2.45, 2.75) is 33.2 Å². The van der Waals surface area contributed by atoms with E-state index in [0.717, 1.165) is 11.3 Å². The highest BCUT2D eigenvalue weighted by Gasteiger charge is 2.11. The maximum absolute atomic E-state index is 12.3. The summed E-state index contributed by atoms with van der Waals surface area (Å²) in [5, 5.41) is 7.14. The standard InChI is InChI=1S/C17H20Cl2N4O/c1-10(2)21-17-22-11(3)8-15(23-17)16(24)20-7-6-12-4-5-13(18)9-14(12)19/h4-5,8-10H,6-7H2,1-3H3,(H,20,24)(H,21,22,23). The molecule has 128 valence electrons. The highest BCUT2D eigenvalue weighted by Crippen LogP contribution is 2.21. The Morgan fingerprint density at radius 3 is 2.62 bits per heavy atom. The van der Waals surface area contributed by atoms with E-state index in [1.54, 1.807) is 18.2 Å². The van der Waals surface area contributed by atoms with E-state index in [1.165, 1.54) is 0 Å². The quantitative estimate of drug-likeness (QED) is 0.813. The lowest BCUT2D eigenvalue weighted by Crippen LogP contribution is -2.27. The van der Waals surface area contributed by atoms with Crippen molar-refractivity contribution in [1.29, 1.82) is 0 Å². The normalized spacial score (nSPS) is 10.8. The molecule has 2 aromatic rings. The average Bonchev–Trinajstić information content (AvgIpc) is 2.48. The van der Waals surface area contributed by atoms with Crippen LogP contribution in [0.4, 0.5) is 5.95 Å². The monoisotopic (exact) mass is 366 g/mol. The Kier molecular flexibility index (Phi) is 6.40. The van der Waals surface area contributed by atoms with Crippen molar-refractivity contribution < 1.29 is 4.79 Å². The molecule has 2 rings (SSSR count). The SMILES string of the molecule is Cc1cc(C(=O)NCCc2ccc(Cl)cc2Cl)nc(NC(C)C)n1. The molecule has 5 nitrogen and oxygen atoms in total. The predicted octanol–water partition coefficient (Wildman–Crippen LogP) is 3.88. The van der Waals surface area contributed by atoms with Gasteiger partial charge in [-0.25, -0.2) is 9.97 Å². The van der Waals surface area contributed by atoms with Gasteiger partial charge < -0.3 is 10.6 Å². The molecular weight excluding hydrogens is 347 g/mol. The number of nitrogens with one attached hydrogen (secondary N) is 2. The zero-order chi connectivity index (χ0) is 17.7. The summed E-state index contributed by atoms with van der Waals surface area (Å²) in [6, 6.07) is 7.18. The summed E-state index contributed by atoms with van der Waals surface area (Å²) in [4.78, 5) is 20.8. The van der Waals surface area contributed by atoms with E-state index >= 15 is 0 Å². The van der Waals surface area contributed by atoms with Crippen molar-refractivity contribution >= 4 is 35.1 Å². The van der Waals surface area contributed by atoms with Crippen LogP contribution >= 0.6 is 23.2 Å². The fraction of sp³-hybridized carbons (Fsp3) is 0.353. The topological polar surface area (TPSA) is 66.9 Å². The molecule has 24 heavy (non-hydrogen) atoms. The van der Waals surface area contributed by atoms with E-state index in [0.29, 0.717) is 34.7 Å². The summed E-state index contributed by atoms with van der Waals surface area (Å²) in [5.74, 6) is 0.216. The molecule has 0 bridgehead atoms. The predicted molar refractivity (Wildman–Crippen MR) is 98.0 cm³/mol. The Labute approximate surface area is 151 Å². The highest BCUT2D eigenvalue weighted by atomic mass is 35.5. The summed E-state index contributed by atoms with van der Waals surface area (Å²) >= 11 is 12.0. The summed E-state index contributed by atoms with van der Waals surface area (Å²) in [7, 11) is 0. The van der Waals surface area contributed by atoms with Crippen LogP contribution in [-0.4, -0.2) is 28.5 Å². The fourth-order valence-corrected chi connectivity index (χ4v) is 2.64. The fourth-order valence-electron chi connectivity index (χ4n) is 2.13. The Hall–Kier alpha value is -1.85. The van der Waals surface area contributed by atoms with E-state index < -0.39 is 0 Å². The molecule has 0 spiro atoms. The molecule has 0 saturated carbocycles. The Bertz CT molecular complexity index is 735. The van der Waals surface area contributed by atoms with Crippen LogP contribution in [0.15, 0.2) is 24.3 Å². The minimum atomic E-state index is -0.239. The van der Waals surface area contributed by atoms with Gasteiger partial charge in [0.25, 0.3) is 5.91 Å². The van der Waals surface area contributed by atoms with Crippen molar-refractivity contribution in [2.24, 2.45) is 0 Å². The van der Waals surface area contributed by atoms with Gasteiger partial charge in [-0.2, -0.15) is 0 Å². The van der Waals surface area contributed by atoms with E-state index in [9.17, 15) is 4.79 Å². The third-order valence-electron chi connectivity index (χ3n) is 3.20. The van der Waals surface area contributed by atoms with Crippen molar-refractivity contribution in [3.8, 4) is 0 Å². The lowest BCUT2D eigenvalue weighted by molar-refractivity contribution is 0.0949. The van der Waals surface area contributed by atoms with Crippen LogP contribution in [-0.2, 0) is 6.42 Å². The smallest absolute Gasteiger partial charge is 0.270 e. The molecule has 0 radical (unpaired) electrons. The summed E-state index contributed by atoms with van der Waals surface area (Å²) in [6.07, 6.45) is 0.614. The number of hydrogen-bond donors (Lipinski definition) is 2. The van der Waals surface area contributed by atoms with Gasteiger partial charge in [0.1, 0.15) is 5.69 Å². The van der Waals surface area contributed by atoms with Crippen LogP contribution in [0.5, 0.6) is 0 Å². The first kappa shape index (κ1) is 18.5. The van der Waals surface area contributed by atoms with Gasteiger partial charge in [-0.1, -0.05) is 29.3 Å². The number of hydrogen-bond acceptors (Lipinski definition) is 4. The van der Waals surface area contributed by atoms with Gasteiger partial charge >= 0.3 is 0 Å². The molecule has 1 heterocycles. The minimum Gasteiger partial charge on any atom is -0.352 e. The number of anilines is 1. The molecule has 0 aliphatic carbocycles. The van der Waals surface area contributed by atoms with Gasteiger partial charge in [0, 0.05) is 28.3 Å². The molecule has 0 unspecified atom stereocenters. The third-order valence-corrected chi connectivity index (χ3v) is 3.79. The molecule has 7 heteroatoms. The molecule has 1 aromatic carbocycles. The van der Waals surface area contributed by atoms with Gasteiger partial charge in [0.2, 0.25) is 5.95 Å². The van der Waals surface area contributed by atoms with Crippen molar-refractivity contribution in [3.05, 3.63) is 51.3 Å². The van der Waals surface area contributed by atoms with Crippen LogP contribution in [0, 0.1) is 6.92 Å². The van der Waals surface area contributed by atoms with Crippen molar-refractivity contribution in [2.75, 3.05) is 11.9 Å². The van der Waals surface area contributed by atoms with Gasteiger partial charge in [-0.15, -0.1) is 0 Å². The van der Waals surface area contributed by atoms with Gasteiger partial charge in [-0.05, 0) is 51.0 Å². The summed E-state index contributed by atoms with van der Waals surface area (Å²) in [6.45, 7) is 6.26. The lowest BCUT2D eigenvalue weighted by Gasteiger charge is -2.11. The first-order valence-corrected chi connectivity index (χ1v) is 8.45. The molecule has 0 aliphatic rings. The largest absolute Gasteiger partial charge is 0.352 e. The second kappa shape index (κ2) is 8.31. The third kappa shape index (κ3) is 5.35. The minimum absolute atomic E-state index is 0.190. The number of nitrogens with zero attached hydrogens (tertiary/aromatic N) is 2. The molecule has 1 aromatic heterocycles. The van der Waals surface area contributed by atoms with Crippen LogP contribution < -0.4 is 10.6 Å². The number of benzene rings is 1.